The number of nitrogens with zero attached hydrogens (tertiary/aromatic N) is 4. The number of ether oxygens (including phenoxy) is 1. The van der Waals surface area contributed by atoms with Gasteiger partial charge in [0, 0.05) is 57.9 Å². The van der Waals surface area contributed by atoms with E-state index in [1.54, 1.807) is 7.11 Å². The Balaban J connectivity index is 1.53. The van der Waals surface area contributed by atoms with Crippen molar-refractivity contribution in [1.29, 1.82) is 0 Å². The third-order valence-electron chi connectivity index (χ3n) is 7.09. The lowest BCUT2D eigenvalue weighted by Crippen LogP contribution is -2.48. The highest BCUT2D eigenvalue weighted by atomic mass is 19.4. The first kappa shape index (κ1) is 27.9. The Bertz CT molecular complexity index is 1110. The van der Waals surface area contributed by atoms with Crippen LogP contribution in [-0.2, 0) is 17.5 Å². The zero-order valence-corrected chi connectivity index (χ0v) is 22.1. The highest BCUT2D eigenvalue weighted by Gasteiger charge is 2.37. The zero-order chi connectivity index (χ0) is 27.3. The van der Waals surface area contributed by atoms with E-state index in [4.69, 9.17) is 4.74 Å². The molecule has 1 aliphatic heterocycles. The van der Waals surface area contributed by atoms with Gasteiger partial charge >= 0.3 is 6.18 Å². The average Bonchev–Trinajstić information content (AvgIpc) is 2.86. The maximum atomic E-state index is 13.8. The summed E-state index contributed by atoms with van der Waals surface area (Å²) in [7, 11) is 3.66. The predicted molar refractivity (Wildman–Crippen MR) is 140 cm³/mol. The molecule has 0 radical (unpaired) electrons. The second-order valence-corrected chi connectivity index (χ2v) is 10.0. The van der Waals surface area contributed by atoms with Gasteiger partial charge in [-0.2, -0.15) is 18.2 Å². The molecule has 2 atom stereocenters. The quantitative estimate of drug-likeness (QED) is 0.469. The van der Waals surface area contributed by atoms with Gasteiger partial charge in [-0.1, -0.05) is 18.9 Å². The smallest absolute Gasteiger partial charge is 0.421 e. The van der Waals surface area contributed by atoms with Crippen molar-refractivity contribution >= 4 is 23.4 Å². The molecule has 12 heteroatoms. The summed E-state index contributed by atoms with van der Waals surface area (Å²) in [6.45, 7) is 6.20. The first-order chi connectivity index (χ1) is 18.1. The molecule has 38 heavy (non-hydrogen) atoms. The number of hydrogen-bond donors (Lipinski definition) is 3. The van der Waals surface area contributed by atoms with Gasteiger partial charge in [-0.15, -0.1) is 0 Å². The minimum Gasteiger partial charge on any atom is -0.495 e. The van der Waals surface area contributed by atoms with E-state index in [1.807, 2.05) is 18.2 Å². The van der Waals surface area contributed by atoms with Crippen molar-refractivity contribution in [2.45, 2.75) is 57.4 Å². The minimum absolute atomic E-state index is 0.0116. The largest absolute Gasteiger partial charge is 0.495 e. The highest BCUT2D eigenvalue weighted by molar-refractivity contribution is 5.73. The van der Waals surface area contributed by atoms with Crippen LogP contribution >= 0.6 is 0 Å². The molecule has 2 fully saturated rings. The van der Waals surface area contributed by atoms with Crippen molar-refractivity contribution in [3.05, 3.63) is 35.5 Å². The fourth-order valence-electron chi connectivity index (χ4n) is 4.99. The summed E-state index contributed by atoms with van der Waals surface area (Å²) in [5.74, 6) is 0.0287. The normalized spacial score (nSPS) is 21.1. The molecule has 1 aromatic heterocycles. The molecule has 0 spiro atoms. The maximum Gasteiger partial charge on any atom is 0.421 e. The number of halogens is 3. The SMILES string of the molecule is COc1cc(CN2CCN(C)CC2)ccc1Nc1ncc(C(F)(F)F)c(N[C@@H]2CCCC[C@H]2NC(C)=O)n1. The van der Waals surface area contributed by atoms with E-state index in [9.17, 15) is 18.0 Å². The van der Waals surface area contributed by atoms with Crippen molar-refractivity contribution in [2.75, 3.05) is 51.0 Å². The molecule has 0 bridgehead atoms. The molecule has 2 heterocycles. The van der Waals surface area contributed by atoms with Crippen LogP contribution in [0.2, 0.25) is 0 Å². The standard InChI is InChI=1S/C26H36F3N7O2/c1-17(37)31-20-6-4-5-7-21(20)32-24-19(26(27,28)29)15-30-25(34-24)33-22-9-8-18(14-23(22)38-3)16-36-12-10-35(2)11-13-36/h8-9,14-15,20-21H,4-7,10-13,16H2,1-3H3,(H,31,37)(H2,30,32,33,34)/t20-,21-/m1/s1. The van der Waals surface area contributed by atoms with Crippen molar-refractivity contribution in [1.82, 2.24) is 25.1 Å². The van der Waals surface area contributed by atoms with E-state index >= 15 is 0 Å². The third-order valence-corrected chi connectivity index (χ3v) is 7.09. The molecule has 9 nitrogen and oxygen atoms in total. The zero-order valence-electron chi connectivity index (χ0n) is 22.1. The molecule has 208 valence electrons. The number of amides is 1. The number of rotatable bonds is 8. The van der Waals surface area contributed by atoms with E-state index in [1.165, 1.54) is 6.92 Å². The first-order valence-electron chi connectivity index (χ1n) is 12.9. The summed E-state index contributed by atoms with van der Waals surface area (Å²) in [4.78, 5) is 24.4. The first-order valence-corrected chi connectivity index (χ1v) is 12.9. The predicted octanol–water partition coefficient (Wildman–Crippen LogP) is 3.85. The highest BCUT2D eigenvalue weighted by Crippen LogP contribution is 2.36. The lowest BCUT2D eigenvalue weighted by molar-refractivity contribution is -0.137. The third kappa shape index (κ3) is 7.25. The summed E-state index contributed by atoms with van der Waals surface area (Å²) >= 11 is 0. The Morgan fingerprint density at radius 1 is 1.13 bits per heavy atom. The molecule has 2 aromatic rings. The molecule has 1 aliphatic carbocycles. The van der Waals surface area contributed by atoms with Crippen LogP contribution in [0, 0.1) is 0 Å². The van der Waals surface area contributed by atoms with Gasteiger partial charge in [0.05, 0.1) is 12.8 Å². The van der Waals surface area contributed by atoms with Crippen LogP contribution in [0.15, 0.2) is 24.4 Å². The number of aromatic nitrogens is 2. The van der Waals surface area contributed by atoms with Crippen molar-refractivity contribution < 1.29 is 22.7 Å². The molecular weight excluding hydrogens is 499 g/mol. The Morgan fingerprint density at radius 3 is 2.50 bits per heavy atom. The molecule has 1 amide bonds. The van der Waals surface area contributed by atoms with Crippen molar-refractivity contribution in [3.8, 4) is 5.75 Å². The number of alkyl halides is 3. The second kappa shape index (κ2) is 12.2. The van der Waals surface area contributed by atoms with Crippen LogP contribution < -0.4 is 20.7 Å². The lowest BCUT2D eigenvalue weighted by atomic mass is 9.90. The Labute approximate surface area is 221 Å². The molecule has 2 aliphatic rings. The number of methoxy groups -OCH3 is 1. The number of likely N-dealkylation sites (N-methyl/N-ethyl adjacent to an activating group) is 1. The summed E-state index contributed by atoms with van der Waals surface area (Å²) < 4.78 is 47.0. The summed E-state index contributed by atoms with van der Waals surface area (Å²) in [6, 6.07) is 5.06. The second-order valence-electron chi connectivity index (χ2n) is 10.0. The number of benzene rings is 1. The van der Waals surface area contributed by atoms with Gasteiger partial charge in [0.2, 0.25) is 11.9 Å². The van der Waals surface area contributed by atoms with E-state index in [2.05, 4.69) is 42.8 Å². The van der Waals surface area contributed by atoms with Gasteiger partial charge in [-0.25, -0.2) is 4.98 Å². The molecule has 4 rings (SSSR count). The molecule has 1 saturated carbocycles. The summed E-state index contributed by atoms with van der Waals surface area (Å²) in [6.07, 6.45) is -0.798. The number of anilines is 3. The van der Waals surface area contributed by atoms with Crippen LogP contribution in [-0.4, -0.2) is 78.1 Å². The Hall–Kier alpha value is -3.12. The molecule has 1 saturated heterocycles. The maximum absolute atomic E-state index is 13.8. The molecular formula is C26H36F3N7O2. The van der Waals surface area contributed by atoms with E-state index < -0.39 is 11.7 Å². The van der Waals surface area contributed by atoms with Crippen LogP contribution in [0.3, 0.4) is 0 Å². The number of nitrogens with one attached hydrogen (secondary N) is 3. The molecule has 0 unspecified atom stereocenters. The van der Waals surface area contributed by atoms with Gasteiger partial charge < -0.3 is 25.6 Å². The summed E-state index contributed by atoms with van der Waals surface area (Å²) in [5, 5.41) is 8.83. The molecule has 3 N–H and O–H groups in total. The van der Waals surface area contributed by atoms with Crippen LogP contribution in [0.25, 0.3) is 0 Å². The number of carbonyl (C=O) groups excluding carboxylic acids is 1. The van der Waals surface area contributed by atoms with E-state index in [0.717, 1.165) is 57.3 Å². The fourth-order valence-corrected chi connectivity index (χ4v) is 4.99. The van der Waals surface area contributed by atoms with Crippen LogP contribution in [0.1, 0.15) is 43.7 Å². The van der Waals surface area contributed by atoms with E-state index in [0.29, 0.717) is 24.3 Å². The van der Waals surface area contributed by atoms with Gasteiger partial charge in [-0.05, 0) is 37.6 Å². The van der Waals surface area contributed by atoms with Gasteiger partial charge in [0.1, 0.15) is 17.1 Å². The van der Waals surface area contributed by atoms with Crippen LogP contribution in [0.4, 0.5) is 30.6 Å². The van der Waals surface area contributed by atoms with Crippen molar-refractivity contribution in [3.63, 3.8) is 0 Å². The number of piperazine rings is 1. The van der Waals surface area contributed by atoms with Gasteiger partial charge in [0.15, 0.2) is 0 Å². The van der Waals surface area contributed by atoms with Gasteiger partial charge in [0.25, 0.3) is 0 Å². The molecule has 1 aromatic carbocycles. The Morgan fingerprint density at radius 2 is 1.84 bits per heavy atom. The lowest BCUT2D eigenvalue weighted by Gasteiger charge is -2.33. The van der Waals surface area contributed by atoms with Crippen LogP contribution in [0.5, 0.6) is 5.75 Å². The van der Waals surface area contributed by atoms with E-state index in [-0.39, 0.29) is 29.8 Å². The monoisotopic (exact) mass is 535 g/mol. The number of hydrogen-bond acceptors (Lipinski definition) is 8. The van der Waals surface area contributed by atoms with Gasteiger partial charge in [-0.3, -0.25) is 9.69 Å². The number of carbonyl (C=O) groups is 1. The summed E-state index contributed by atoms with van der Waals surface area (Å²) in [5.41, 5.74) is 0.674. The average molecular weight is 536 g/mol. The minimum atomic E-state index is -4.64. The van der Waals surface area contributed by atoms with Crippen molar-refractivity contribution in [2.24, 2.45) is 0 Å². The fraction of sp³-hybridized carbons (Fsp3) is 0.577. The topological polar surface area (TPSA) is 94.6 Å². The Kier molecular flexibility index (Phi) is 8.93.